The van der Waals surface area contributed by atoms with E-state index < -0.39 is 11.7 Å². The number of nitrogens with two attached hydrogens (primary N) is 1. The van der Waals surface area contributed by atoms with Gasteiger partial charge in [-0.15, -0.1) is 0 Å². The smallest absolute Gasteiger partial charge is 0.399 e. The lowest BCUT2D eigenvalue weighted by Gasteiger charge is -2.12. The lowest BCUT2D eigenvalue weighted by atomic mass is 10.1. The standard InChI is InChI=1S/C14H14F3N3/c1-9-10(3-2-4-12(9)18)8-20-13-7-11(5-6-19-13)14(15,16)17/h2-7H,8,18H2,1H3,(H,19,20). The molecular formula is C14H14F3N3. The van der Waals surface area contributed by atoms with Crippen LogP contribution < -0.4 is 11.1 Å². The Labute approximate surface area is 114 Å². The van der Waals surface area contributed by atoms with Gasteiger partial charge in [-0.05, 0) is 36.2 Å². The number of nitrogen functional groups attached to an aromatic ring is 1. The van der Waals surface area contributed by atoms with Gasteiger partial charge in [0.05, 0.1) is 5.56 Å². The molecule has 0 aliphatic carbocycles. The molecule has 0 unspecified atom stereocenters. The van der Waals surface area contributed by atoms with Crippen LogP contribution in [0.4, 0.5) is 24.7 Å². The van der Waals surface area contributed by atoms with Crippen LogP contribution in [0.25, 0.3) is 0 Å². The first-order valence-electron chi connectivity index (χ1n) is 5.99. The molecule has 0 saturated heterocycles. The molecule has 0 spiro atoms. The first kappa shape index (κ1) is 14.2. The van der Waals surface area contributed by atoms with E-state index in [1.165, 1.54) is 0 Å². The highest BCUT2D eigenvalue weighted by atomic mass is 19.4. The maximum absolute atomic E-state index is 12.6. The average Bonchev–Trinajstić information content (AvgIpc) is 2.40. The highest BCUT2D eigenvalue weighted by molar-refractivity contribution is 5.51. The second-order valence-corrected chi connectivity index (χ2v) is 4.41. The summed E-state index contributed by atoms with van der Waals surface area (Å²) in [5.74, 6) is 0.182. The van der Waals surface area contributed by atoms with E-state index in [1.54, 1.807) is 12.1 Å². The Balaban J connectivity index is 2.13. The molecule has 2 aromatic rings. The molecule has 1 aromatic heterocycles. The lowest BCUT2D eigenvalue weighted by Crippen LogP contribution is -2.08. The molecule has 0 atom stereocenters. The molecule has 6 heteroatoms. The van der Waals surface area contributed by atoms with Crippen molar-refractivity contribution in [1.82, 2.24) is 4.98 Å². The molecule has 2 rings (SSSR count). The summed E-state index contributed by atoms with van der Waals surface area (Å²) in [4.78, 5) is 3.88. The third kappa shape index (κ3) is 3.20. The summed E-state index contributed by atoms with van der Waals surface area (Å²) in [7, 11) is 0. The molecule has 0 radical (unpaired) electrons. The van der Waals surface area contributed by atoms with Crippen molar-refractivity contribution >= 4 is 11.5 Å². The monoisotopic (exact) mass is 281 g/mol. The van der Waals surface area contributed by atoms with Gasteiger partial charge in [-0.3, -0.25) is 0 Å². The van der Waals surface area contributed by atoms with Gasteiger partial charge in [0.2, 0.25) is 0 Å². The number of benzene rings is 1. The zero-order chi connectivity index (χ0) is 14.8. The lowest BCUT2D eigenvalue weighted by molar-refractivity contribution is -0.137. The largest absolute Gasteiger partial charge is 0.416 e. The molecule has 20 heavy (non-hydrogen) atoms. The average molecular weight is 281 g/mol. The predicted molar refractivity (Wildman–Crippen MR) is 72.2 cm³/mol. The number of nitrogens with zero attached hydrogens (tertiary/aromatic N) is 1. The fourth-order valence-electron chi connectivity index (χ4n) is 1.78. The minimum absolute atomic E-state index is 0.182. The van der Waals surface area contributed by atoms with E-state index in [4.69, 9.17) is 5.73 Å². The second-order valence-electron chi connectivity index (χ2n) is 4.41. The van der Waals surface area contributed by atoms with Crippen LogP contribution in [-0.2, 0) is 12.7 Å². The summed E-state index contributed by atoms with van der Waals surface area (Å²) in [6.45, 7) is 2.23. The van der Waals surface area contributed by atoms with Crippen LogP contribution in [0.15, 0.2) is 36.5 Å². The number of halogens is 3. The van der Waals surface area contributed by atoms with Gasteiger partial charge in [-0.2, -0.15) is 13.2 Å². The number of hydrogen-bond donors (Lipinski definition) is 2. The maximum Gasteiger partial charge on any atom is 0.416 e. The van der Waals surface area contributed by atoms with Crippen LogP contribution in [0.1, 0.15) is 16.7 Å². The van der Waals surface area contributed by atoms with Crippen molar-refractivity contribution in [2.24, 2.45) is 0 Å². The fourth-order valence-corrected chi connectivity index (χ4v) is 1.78. The first-order chi connectivity index (χ1) is 9.38. The topological polar surface area (TPSA) is 50.9 Å². The number of hydrogen-bond acceptors (Lipinski definition) is 3. The normalized spacial score (nSPS) is 11.4. The number of alkyl halides is 3. The van der Waals surface area contributed by atoms with Gasteiger partial charge >= 0.3 is 6.18 Å². The quantitative estimate of drug-likeness (QED) is 0.845. The van der Waals surface area contributed by atoms with E-state index in [9.17, 15) is 13.2 Å². The van der Waals surface area contributed by atoms with E-state index >= 15 is 0 Å². The summed E-state index contributed by atoms with van der Waals surface area (Å²) in [5, 5.41) is 2.87. The number of pyridine rings is 1. The van der Waals surface area contributed by atoms with Crippen molar-refractivity contribution in [3.63, 3.8) is 0 Å². The highest BCUT2D eigenvalue weighted by Gasteiger charge is 2.30. The molecule has 1 aromatic carbocycles. The maximum atomic E-state index is 12.6. The van der Waals surface area contributed by atoms with Gasteiger partial charge in [-0.25, -0.2) is 4.98 Å². The van der Waals surface area contributed by atoms with Gasteiger partial charge in [0.15, 0.2) is 0 Å². The molecule has 0 bridgehead atoms. The van der Waals surface area contributed by atoms with Crippen LogP contribution in [-0.4, -0.2) is 4.98 Å². The third-order valence-electron chi connectivity index (χ3n) is 3.04. The van der Waals surface area contributed by atoms with Gasteiger partial charge in [0, 0.05) is 18.4 Å². The van der Waals surface area contributed by atoms with Gasteiger partial charge in [0.25, 0.3) is 0 Å². The highest BCUT2D eigenvalue weighted by Crippen LogP contribution is 2.30. The molecule has 3 N–H and O–H groups in total. The molecule has 0 aliphatic heterocycles. The molecular weight excluding hydrogens is 267 g/mol. The minimum atomic E-state index is -4.37. The van der Waals surface area contributed by atoms with Gasteiger partial charge in [0.1, 0.15) is 5.82 Å². The summed E-state index contributed by atoms with van der Waals surface area (Å²) in [5.41, 5.74) is 7.54. The Hall–Kier alpha value is -2.24. The van der Waals surface area contributed by atoms with Crippen molar-refractivity contribution < 1.29 is 13.2 Å². The first-order valence-corrected chi connectivity index (χ1v) is 5.99. The molecule has 0 aliphatic rings. The number of rotatable bonds is 3. The van der Waals surface area contributed by atoms with Crippen molar-refractivity contribution in [2.75, 3.05) is 11.1 Å². The second kappa shape index (κ2) is 5.40. The summed E-state index contributed by atoms with van der Waals surface area (Å²) in [6, 6.07) is 7.38. The Morgan fingerprint density at radius 3 is 2.70 bits per heavy atom. The molecule has 3 nitrogen and oxygen atoms in total. The van der Waals surface area contributed by atoms with E-state index in [0.717, 1.165) is 29.5 Å². The number of anilines is 2. The summed E-state index contributed by atoms with van der Waals surface area (Å²) < 4.78 is 37.7. The van der Waals surface area contributed by atoms with E-state index in [0.29, 0.717) is 12.2 Å². The van der Waals surface area contributed by atoms with Gasteiger partial charge < -0.3 is 11.1 Å². The molecule has 0 amide bonds. The summed E-state index contributed by atoms with van der Waals surface area (Å²) in [6.07, 6.45) is -3.23. The fraction of sp³-hybridized carbons (Fsp3) is 0.214. The molecule has 106 valence electrons. The zero-order valence-electron chi connectivity index (χ0n) is 10.8. The molecule has 1 heterocycles. The Kier molecular flexibility index (Phi) is 3.83. The molecule has 0 fully saturated rings. The SMILES string of the molecule is Cc1c(N)cccc1CNc1cc(C(F)(F)F)ccn1. The van der Waals surface area contributed by atoms with Crippen LogP contribution in [0.2, 0.25) is 0 Å². The number of nitrogens with one attached hydrogen (secondary N) is 1. The van der Waals surface area contributed by atoms with Crippen molar-refractivity contribution in [2.45, 2.75) is 19.6 Å². The zero-order valence-corrected chi connectivity index (χ0v) is 10.8. The van der Waals surface area contributed by atoms with Crippen LogP contribution >= 0.6 is 0 Å². The van der Waals surface area contributed by atoms with Gasteiger partial charge in [-0.1, -0.05) is 12.1 Å². The Morgan fingerprint density at radius 1 is 1.25 bits per heavy atom. The van der Waals surface area contributed by atoms with Crippen LogP contribution in [0.5, 0.6) is 0 Å². The van der Waals surface area contributed by atoms with Crippen molar-refractivity contribution in [3.8, 4) is 0 Å². The summed E-state index contributed by atoms with van der Waals surface area (Å²) >= 11 is 0. The van der Waals surface area contributed by atoms with Crippen molar-refractivity contribution in [1.29, 1.82) is 0 Å². The van der Waals surface area contributed by atoms with E-state index in [2.05, 4.69) is 10.3 Å². The predicted octanol–water partition coefficient (Wildman–Crippen LogP) is 3.60. The van der Waals surface area contributed by atoms with E-state index in [1.807, 2.05) is 13.0 Å². The number of aromatic nitrogens is 1. The van der Waals surface area contributed by atoms with E-state index in [-0.39, 0.29) is 5.82 Å². The van der Waals surface area contributed by atoms with Crippen LogP contribution in [0.3, 0.4) is 0 Å². The minimum Gasteiger partial charge on any atom is -0.399 e. The Bertz CT molecular complexity index is 609. The van der Waals surface area contributed by atoms with Crippen molar-refractivity contribution in [3.05, 3.63) is 53.2 Å². The molecule has 0 saturated carbocycles. The van der Waals surface area contributed by atoms with Crippen LogP contribution in [0, 0.1) is 6.92 Å². The third-order valence-corrected chi connectivity index (χ3v) is 3.04. The Morgan fingerprint density at radius 2 is 2.00 bits per heavy atom.